The fourth-order valence-electron chi connectivity index (χ4n) is 2.89. The molecule has 0 aliphatic carbocycles. The molecule has 0 spiro atoms. The van der Waals surface area contributed by atoms with E-state index in [1.807, 2.05) is 0 Å². The molecule has 1 aromatic heterocycles. The second-order valence-corrected chi connectivity index (χ2v) is 9.85. The summed E-state index contributed by atoms with van der Waals surface area (Å²) in [6.45, 7) is 3.49. The zero-order chi connectivity index (χ0) is 18.6. The SMILES string of the molecule is CCn1ncc(C(=O)c2ccc3c(c2C)S(=O)(=O)CCS3(=O)=O)c1O. The Labute approximate surface area is 144 Å². The van der Waals surface area contributed by atoms with E-state index in [1.54, 1.807) is 6.92 Å². The van der Waals surface area contributed by atoms with Gasteiger partial charge < -0.3 is 5.11 Å². The molecule has 1 aromatic carbocycles. The van der Waals surface area contributed by atoms with E-state index in [0.29, 0.717) is 6.54 Å². The topological polar surface area (TPSA) is 123 Å². The number of fused-ring (bicyclic) bond motifs is 1. The highest BCUT2D eigenvalue weighted by Gasteiger charge is 2.36. The third-order valence-corrected chi connectivity index (χ3v) is 8.27. The number of ketones is 1. The molecule has 0 amide bonds. The summed E-state index contributed by atoms with van der Waals surface area (Å²) in [6.07, 6.45) is 1.20. The van der Waals surface area contributed by atoms with Crippen LogP contribution in [0.2, 0.25) is 0 Å². The number of aryl methyl sites for hydroxylation is 1. The number of hydrogen-bond acceptors (Lipinski definition) is 7. The lowest BCUT2D eigenvalue weighted by Crippen LogP contribution is -2.27. The molecule has 1 aliphatic heterocycles. The Hall–Kier alpha value is -2.20. The second-order valence-electron chi connectivity index (χ2n) is 5.73. The van der Waals surface area contributed by atoms with Crippen molar-refractivity contribution in [3.63, 3.8) is 0 Å². The predicted octanol–water partition coefficient (Wildman–Crippen LogP) is 0.709. The number of hydrogen-bond donors (Lipinski definition) is 1. The Kier molecular flexibility index (Phi) is 3.99. The van der Waals surface area contributed by atoms with Crippen molar-refractivity contribution in [2.45, 2.75) is 30.2 Å². The first-order valence-corrected chi connectivity index (χ1v) is 10.8. The first-order valence-electron chi connectivity index (χ1n) is 7.48. The van der Waals surface area contributed by atoms with Crippen molar-refractivity contribution in [1.82, 2.24) is 9.78 Å². The number of aromatic hydroxyl groups is 1. The van der Waals surface area contributed by atoms with Crippen LogP contribution in [-0.2, 0) is 26.2 Å². The van der Waals surface area contributed by atoms with Crippen molar-refractivity contribution >= 4 is 25.5 Å². The summed E-state index contributed by atoms with van der Waals surface area (Å²) in [5.74, 6) is -1.92. The molecule has 0 saturated heterocycles. The second kappa shape index (κ2) is 5.67. The van der Waals surface area contributed by atoms with E-state index in [1.165, 1.54) is 23.9 Å². The van der Waals surface area contributed by atoms with Gasteiger partial charge in [0.15, 0.2) is 25.5 Å². The minimum absolute atomic E-state index is 0.0189. The molecule has 3 rings (SSSR count). The number of benzene rings is 1. The molecule has 0 radical (unpaired) electrons. The van der Waals surface area contributed by atoms with Crippen molar-refractivity contribution in [3.8, 4) is 5.88 Å². The largest absolute Gasteiger partial charge is 0.493 e. The minimum Gasteiger partial charge on any atom is -0.493 e. The van der Waals surface area contributed by atoms with E-state index in [4.69, 9.17) is 0 Å². The maximum atomic E-state index is 12.7. The molecule has 0 unspecified atom stereocenters. The summed E-state index contributed by atoms with van der Waals surface area (Å²) in [4.78, 5) is 12.1. The quantitative estimate of drug-likeness (QED) is 0.773. The van der Waals surface area contributed by atoms with E-state index >= 15 is 0 Å². The number of nitrogens with zero attached hydrogens (tertiary/aromatic N) is 2. The normalized spacial score (nSPS) is 17.8. The van der Waals surface area contributed by atoms with Crippen LogP contribution in [0.5, 0.6) is 5.88 Å². The van der Waals surface area contributed by atoms with Gasteiger partial charge in [-0.05, 0) is 31.5 Å². The van der Waals surface area contributed by atoms with Crippen molar-refractivity contribution < 1.29 is 26.7 Å². The first-order chi connectivity index (χ1) is 11.6. The van der Waals surface area contributed by atoms with Gasteiger partial charge in [-0.15, -0.1) is 0 Å². The minimum atomic E-state index is -3.81. The van der Waals surface area contributed by atoms with Gasteiger partial charge in [0.2, 0.25) is 5.88 Å². The maximum absolute atomic E-state index is 12.7. The van der Waals surface area contributed by atoms with Crippen LogP contribution in [0.1, 0.15) is 28.4 Å². The lowest BCUT2D eigenvalue weighted by Gasteiger charge is -2.20. The smallest absolute Gasteiger partial charge is 0.220 e. The third kappa shape index (κ3) is 2.65. The molecule has 2 heterocycles. The van der Waals surface area contributed by atoms with Crippen LogP contribution in [0, 0.1) is 6.92 Å². The van der Waals surface area contributed by atoms with Crippen molar-refractivity contribution in [3.05, 3.63) is 35.0 Å². The van der Waals surface area contributed by atoms with Gasteiger partial charge in [0.1, 0.15) is 5.56 Å². The zero-order valence-electron chi connectivity index (χ0n) is 13.6. The van der Waals surface area contributed by atoms with E-state index in [0.717, 1.165) is 6.07 Å². The lowest BCUT2D eigenvalue weighted by atomic mass is 10.0. The first kappa shape index (κ1) is 17.6. The zero-order valence-corrected chi connectivity index (χ0v) is 15.2. The predicted molar refractivity (Wildman–Crippen MR) is 88.3 cm³/mol. The maximum Gasteiger partial charge on any atom is 0.220 e. The van der Waals surface area contributed by atoms with Gasteiger partial charge in [0, 0.05) is 12.1 Å². The Balaban J connectivity index is 2.23. The van der Waals surface area contributed by atoms with Gasteiger partial charge in [-0.3, -0.25) is 4.79 Å². The summed E-state index contributed by atoms with van der Waals surface area (Å²) < 4.78 is 50.3. The molecule has 0 fully saturated rings. The van der Waals surface area contributed by atoms with Gasteiger partial charge in [-0.2, -0.15) is 5.10 Å². The summed E-state index contributed by atoms with van der Waals surface area (Å²) in [5, 5.41) is 13.9. The fraction of sp³-hybridized carbons (Fsp3) is 0.333. The van der Waals surface area contributed by atoms with Gasteiger partial charge in [0.25, 0.3) is 0 Å². The van der Waals surface area contributed by atoms with Crippen LogP contribution in [-0.4, -0.2) is 49.0 Å². The van der Waals surface area contributed by atoms with E-state index in [-0.39, 0.29) is 32.4 Å². The summed E-state index contributed by atoms with van der Waals surface area (Å²) in [7, 11) is -7.51. The van der Waals surface area contributed by atoms with Crippen LogP contribution in [0.3, 0.4) is 0 Å². The van der Waals surface area contributed by atoms with Crippen LogP contribution in [0.4, 0.5) is 0 Å². The molecule has 1 aliphatic rings. The number of sulfone groups is 2. The van der Waals surface area contributed by atoms with Crippen molar-refractivity contribution in [2.75, 3.05) is 11.5 Å². The molecule has 0 atom stereocenters. The lowest BCUT2D eigenvalue weighted by molar-refractivity contribution is 0.103. The fourth-order valence-corrected chi connectivity index (χ4v) is 7.49. The Bertz CT molecular complexity index is 1100. The molecule has 25 heavy (non-hydrogen) atoms. The average molecular weight is 384 g/mol. The van der Waals surface area contributed by atoms with Crippen molar-refractivity contribution in [1.29, 1.82) is 0 Å². The van der Waals surface area contributed by atoms with Gasteiger partial charge in [-0.1, -0.05) is 0 Å². The van der Waals surface area contributed by atoms with Gasteiger partial charge >= 0.3 is 0 Å². The van der Waals surface area contributed by atoms with Crippen LogP contribution in [0.25, 0.3) is 0 Å². The van der Waals surface area contributed by atoms with Gasteiger partial charge in [-0.25, -0.2) is 21.5 Å². The third-order valence-electron chi connectivity index (χ3n) is 4.24. The highest BCUT2D eigenvalue weighted by molar-refractivity contribution is 7.98. The Morgan fingerprint density at radius 3 is 2.40 bits per heavy atom. The highest BCUT2D eigenvalue weighted by Crippen LogP contribution is 2.34. The molecule has 0 bridgehead atoms. The molecule has 10 heteroatoms. The van der Waals surface area contributed by atoms with Crippen LogP contribution < -0.4 is 0 Å². The van der Waals surface area contributed by atoms with Gasteiger partial charge in [0.05, 0.1) is 27.5 Å². The van der Waals surface area contributed by atoms with E-state index in [2.05, 4.69) is 5.10 Å². The molecule has 1 N–H and O–H groups in total. The number of carbonyl (C=O) groups is 1. The number of rotatable bonds is 3. The molecular weight excluding hydrogens is 368 g/mol. The average Bonchev–Trinajstić information content (AvgIpc) is 2.91. The molecule has 2 aromatic rings. The number of aromatic nitrogens is 2. The Morgan fingerprint density at radius 1 is 1.16 bits per heavy atom. The molecular formula is C15H16N2O6S2. The summed E-state index contributed by atoms with van der Waals surface area (Å²) in [6, 6.07) is 2.42. The van der Waals surface area contributed by atoms with E-state index in [9.17, 15) is 26.7 Å². The summed E-state index contributed by atoms with van der Waals surface area (Å²) >= 11 is 0. The standard InChI is InChI=1S/C15H16N2O6S2/c1-3-17-15(19)11(8-16-17)13(18)10-4-5-12-14(9(10)2)25(22,23)7-6-24(12,20)21/h4-5,8,19H,3,6-7H2,1-2H3. The molecule has 134 valence electrons. The Morgan fingerprint density at radius 2 is 1.80 bits per heavy atom. The van der Waals surface area contributed by atoms with Crippen LogP contribution in [0.15, 0.2) is 28.1 Å². The van der Waals surface area contributed by atoms with Crippen molar-refractivity contribution in [2.24, 2.45) is 0 Å². The van der Waals surface area contributed by atoms with Crippen LogP contribution >= 0.6 is 0 Å². The molecule has 0 saturated carbocycles. The summed E-state index contributed by atoms with van der Waals surface area (Å²) in [5.41, 5.74) is 0.0146. The highest BCUT2D eigenvalue weighted by atomic mass is 32.2. The number of carbonyl (C=O) groups excluding carboxylic acids is 1. The monoisotopic (exact) mass is 384 g/mol. The molecule has 8 nitrogen and oxygen atoms in total. The van der Waals surface area contributed by atoms with E-state index < -0.39 is 37.0 Å².